The number of nitrogen functional groups attached to an aromatic ring is 1. The highest BCUT2D eigenvalue weighted by Crippen LogP contribution is 2.40. The van der Waals surface area contributed by atoms with E-state index in [0.29, 0.717) is 17.9 Å². The van der Waals surface area contributed by atoms with E-state index >= 15 is 0 Å². The summed E-state index contributed by atoms with van der Waals surface area (Å²) in [4.78, 5) is 48.2. The van der Waals surface area contributed by atoms with Gasteiger partial charge in [-0.15, -0.1) is 23.1 Å². The number of carbonyl (C=O) groups excluding carboxylic acids is 3. The number of β-lactam (4-membered cyclic amide) rings is 1. The number of oxime groups is 1. The van der Waals surface area contributed by atoms with E-state index in [-0.39, 0.29) is 28.8 Å². The topological polar surface area (TPSA) is 185 Å². The van der Waals surface area contributed by atoms with Crippen molar-refractivity contribution < 1.29 is 28.9 Å². The molecule has 204 valence electrons. The molecule has 0 aliphatic carbocycles. The number of carboxylic acids is 1. The zero-order valence-electron chi connectivity index (χ0n) is 20.6. The second kappa shape index (κ2) is 11.3. The van der Waals surface area contributed by atoms with Crippen LogP contribution in [-0.4, -0.2) is 74.5 Å². The fraction of sp³-hybridized carbons (Fsp3) is 0.304. The molecule has 1 saturated heterocycles. The van der Waals surface area contributed by atoms with Crippen LogP contribution in [0.5, 0.6) is 0 Å². The number of hydrogen-bond acceptors (Lipinski definition) is 12. The molecule has 4 aliphatic heterocycles. The number of anilines is 1. The smallest absolute Gasteiger partial charge is 0.276 e. The second-order valence-electron chi connectivity index (χ2n) is 8.50. The Kier molecular flexibility index (Phi) is 7.79. The maximum absolute atomic E-state index is 13.1. The molecule has 0 bridgehead atoms. The van der Waals surface area contributed by atoms with Crippen LogP contribution in [0.2, 0.25) is 0 Å². The number of hydrogen-bond donors (Lipinski definition) is 3. The number of nitrogens with zero attached hydrogens (tertiary/aromatic N) is 5. The highest BCUT2D eigenvalue weighted by atomic mass is 32.2. The lowest BCUT2D eigenvalue weighted by Crippen LogP contribution is -2.71. The lowest BCUT2D eigenvalue weighted by Gasteiger charge is -2.50. The molecule has 0 unspecified atom stereocenters. The summed E-state index contributed by atoms with van der Waals surface area (Å²) in [6.07, 6.45) is 5.66. The summed E-state index contributed by atoms with van der Waals surface area (Å²) in [5.41, 5.74) is 12.6. The van der Waals surface area contributed by atoms with Gasteiger partial charge in [0.1, 0.15) is 24.2 Å². The van der Waals surface area contributed by atoms with Crippen LogP contribution >= 0.6 is 34.9 Å². The van der Waals surface area contributed by atoms with Crippen molar-refractivity contribution in [3.63, 3.8) is 0 Å². The molecule has 4 aliphatic rings. The molecule has 0 radical (unpaired) electrons. The van der Waals surface area contributed by atoms with Gasteiger partial charge in [-0.1, -0.05) is 16.9 Å². The van der Waals surface area contributed by atoms with Gasteiger partial charge < -0.3 is 36.1 Å². The Hall–Kier alpha value is -3.60. The van der Waals surface area contributed by atoms with Gasteiger partial charge in [-0.05, 0) is 5.57 Å². The Morgan fingerprint density at radius 2 is 2.23 bits per heavy atom. The number of carbonyl (C=O) groups is 3. The number of thiazole rings is 1. The van der Waals surface area contributed by atoms with Gasteiger partial charge in [-0.25, -0.2) is 4.98 Å². The maximum atomic E-state index is 13.1. The molecule has 0 aromatic carbocycles. The normalized spacial score (nSPS) is 19.2. The molecule has 16 heteroatoms. The zero-order chi connectivity index (χ0) is 27.7. The van der Waals surface area contributed by atoms with Crippen LogP contribution in [0.3, 0.4) is 0 Å². The average Bonchev–Trinajstić information content (AvgIpc) is 3.54. The quantitative estimate of drug-likeness (QED) is 0.0850. The molecule has 1 fully saturated rings. The van der Waals surface area contributed by atoms with Crippen molar-refractivity contribution in [2.24, 2.45) is 10.9 Å². The number of nitrogens with two attached hydrogens (primary N) is 2. The van der Waals surface area contributed by atoms with E-state index in [1.807, 2.05) is 39.9 Å². The van der Waals surface area contributed by atoms with Crippen molar-refractivity contribution in [3.05, 3.63) is 53.1 Å². The van der Waals surface area contributed by atoms with Gasteiger partial charge in [-0.3, -0.25) is 14.5 Å². The van der Waals surface area contributed by atoms with Gasteiger partial charge in [0, 0.05) is 42.1 Å². The fourth-order valence-corrected chi connectivity index (χ4v) is 7.05. The number of aliphatic carboxylic acids is 1. The van der Waals surface area contributed by atoms with Gasteiger partial charge >= 0.3 is 0 Å². The minimum absolute atomic E-state index is 0.143. The monoisotopic (exact) mass is 588 g/mol. The molecule has 1 aromatic rings. The summed E-state index contributed by atoms with van der Waals surface area (Å²) < 4.78 is 3.90. The van der Waals surface area contributed by atoms with Gasteiger partial charge in [0.05, 0.1) is 24.1 Å². The second-order valence-corrected chi connectivity index (χ2v) is 11.6. The molecule has 1 aromatic heterocycles. The number of nitrogens with one attached hydrogen (secondary N) is 1. The first kappa shape index (κ1) is 27.0. The zero-order valence-corrected chi connectivity index (χ0v) is 23.1. The van der Waals surface area contributed by atoms with Crippen LogP contribution in [0.4, 0.5) is 5.13 Å². The Bertz CT molecular complexity index is 1470. The fourth-order valence-electron chi connectivity index (χ4n) is 4.37. The van der Waals surface area contributed by atoms with Crippen LogP contribution in [0.25, 0.3) is 5.69 Å². The van der Waals surface area contributed by atoms with E-state index in [0.717, 1.165) is 27.8 Å². The molecule has 5 rings (SSSR count). The van der Waals surface area contributed by atoms with E-state index in [2.05, 4.69) is 15.5 Å². The molecule has 0 saturated carbocycles. The minimum atomic E-state index is -1.45. The maximum Gasteiger partial charge on any atom is 0.276 e. The van der Waals surface area contributed by atoms with Crippen molar-refractivity contribution in [3.8, 4) is 5.69 Å². The first-order valence-electron chi connectivity index (χ1n) is 11.7. The van der Waals surface area contributed by atoms with Gasteiger partial charge in [0.15, 0.2) is 17.0 Å². The SMILES string of the molecule is CO/N=C(\C(=O)N[C@@H]1C(=O)N2C(C(=O)[O-])=C(Cn3cc[n+]4c(SCCN)ccc-4c3)CS[C@H]12)c1csc(N)n1. The van der Waals surface area contributed by atoms with E-state index in [4.69, 9.17) is 16.3 Å². The third-order valence-corrected chi connectivity index (χ3v) is 9.13. The molecular formula is C23H24N8O5S3. The Morgan fingerprint density at radius 1 is 1.41 bits per heavy atom. The molecule has 39 heavy (non-hydrogen) atoms. The predicted molar refractivity (Wildman–Crippen MR) is 144 cm³/mol. The highest BCUT2D eigenvalue weighted by Gasteiger charge is 2.53. The molecule has 2 amide bonds. The van der Waals surface area contributed by atoms with Crippen molar-refractivity contribution in [2.45, 2.75) is 23.0 Å². The number of fused-ring (bicyclic) bond motifs is 2. The Balaban J connectivity index is 1.33. The van der Waals surface area contributed by atoms with E-state index in [1.165, 1.54) is 23.8 Å². The molecule has 0 spiro atoms. The van der Waals surface area contributed by atoms with Crippen LogP contribution < -0.4 is 26.5 Å². The number of aromatic nitrogens is 3. The van der Waals surface area contributed by atoms with E-state index < -0.39 is 29.2 Å². The van der Waals surface area contributed by atoms with Gasteiger partial charge in [-0.2, -0.15) is 4.57 Å². The first-order valence-corrected chi connectivity index (χ1v) is 14.6. The summed E-state index contributed by atoms with van der Waals surface area (Å²) in [5.74, 6) is -1.56. The average molecular weight is 589 g/mol. The number of rotatable bonds is 10. The summed E-state index contributed by atoms with van der Waals surface area (Å²) in [6, 6.07) is 3.03. The minimum Gasteiger partial charge on any atom is -0.543 e. The number of thioether (sulfide) groups is 2. The molecular weight excluding hydrogens is 565 g/mol. The third kappa shape index (κ3) is 5.19. The summed E-state index contributed by atoms with van der Waals surface area (Å²) >= 11 is 4.14. The number of carboxylic acid groups (broad SMARTS) is 1. The van der Waals surface area contributed by atoms with Crippen LogP contribution in [-0.2, 0) is 25.8 Å². The summed E-state index contributed by atoms with van der Waals surface area (Å²) in [5, 5.41) is 20.8. The van der Waals surface area contributed by atoms with E-state index in [9.17, 15) is 19.5 Å². The first-order chi connectivity index (χ1) is 18.8. The van der Waals surface area contributed by atoms with E-state index in [1.54, 1.807) is 17.1 Å². The van der Waals surface area contributed by atoms with Crippen LogP contribution in [0.15, 0.2) is 57.6 Å². The lowest BCUT2D eigenvalue weighted by atomic mass is 10.0. The number of amides is 2. The summed E-state index contributed by atoms with van der Waals surface area (Å²) in [6.45, 7) is 0.832. The molecule has 5 heterocycles. The van der Waals surface area contributed by atoms with Crippen LogP contribution in [0.1, 0.15) is 5.69 Å². The summed E-state index contributed by atoms with van der Waals surface area (Å²) in [7, 11) is 1.28. The Labute approximate surface area is 235 Å². The van der Waals surface area contributed by atoms with Gasteiger partial charge in [0.2, 0.25) is 10.7 Å². The largest absolute Gasteiger partial charge is 0.543 e. The standard InChI is InChI=1S/C23H24N8O5S3/c1-36-28-16(14-11-39-23(25)26-14)19(32)27-17-20(33)31-18(22(34)35)12(10-38-21(17)31)8-29-5-6-30-13(9-29)2-3-15(30)37-7-4-24/h2-3,5-6,9,11,17,21H,4,7-8,10,24H2,1H3,(H3-,25,26,27,32,34,35)/b28-16-/t17-,21-/m1/s1. The third-order valence-electron chi connectivity index (χ3n) is 6.05. The lowest BCUT2D eigenvalue weighted by molar-refractivity contribution is -0.633. The molecule has 13 nitrogen and oxygen atoms in total. The predicted octanol–water partition coefficient (Wildman–Crippen LogP) is -1.25. The van der Waals surface area contributed by atoms with Crippen molar-refractivity contribution in [1.82, 2.24) is 19.8 Å². The Morgan fingerprint density at radius 3 is 2.92 bits per heavy atom. The van der Waals surface area contributed by atoms with Crippen molar-refractivity contribution in [2.75, 3.05) is 30.9 Å². The van der Waals surface area contributed by atoms with Crippen molar-refractivity contribution in [1.29, 1.82) is 0 Å². The van der Waals surface area contributed by atoms with Gasteiger partial charge in [0.25, 0.3) is 11.8 Å². The molecule has 2 atom stereocenters. The van der Waals surface area contributed by atoms with Crippen molar-refractivity contribution >= 4 is 63.5 Å². The molecule has 5 N–H and O–H groups in total. The highest BCUT2D eigenvalue weighted by molar-refractivity contribution is 8.00. The van der Waals surface area contributed by atoms with Crippen LogP contribution in [0, 0.1) is 0 Å².